The number of piperidine rings is 1. The smallest absolute Gasteiger partial charge is 0.225 e. The van der Waals surface area contributed by atoms with Crippen molar-refractivity contribution in [1.82, 2.24) is 14.7 Å². The predicted molar refractivity (Wildman–Crippen MR) is 136 cm³/mol. The third-order valence-corrected chi connectivity index (χ3v) is 7.96. The zero-order valence-corrected chi connectivity index (χ0v) is 20.4. The van der Waals surface area contributed by atoms with E-state index in [1.54, 1.807) is 0 Å². The van der Waals surface area contributed by atoms with Crippen molar-refractivity contribution in [3.8, 4) is 11.5 Å². The van der Waals surface area contributed by atoms with Gasteiger partial charge in [0.15, 0.2) is 0 Å². The number of carbonyl (C=O) groups excluding carboxylic acids is 1. The molecule has 0 radical (unpaired) electrons. The second kappa shape index (κ2) is 11.4. The highest BCUT2D eigenvalue weighted by Crippen LogP contribution is 2.27. The van der Waals surface area contributed by atoms with Crippen molar-refractivity contribution in [2.45, 2.75) is 57.5 Å². The summed E-state index contributed by atoms with van der Waals surface area (Å²) in [5.41, 5.74) is 1.34. The van der Waals surface area contributed by atoms with Gasteiger partial charge in [-0.3, -0.25) is 14.6 Å². The molecule has 5 rings (SSSR count). The average molecular weight is 462 g/mol. The van der Waals surface area contributed by atoms with E-state index in [2.05, 4.69) is 39.0 Å². The van der Waals surface area contributed by atoms with Crippen molar-refractivity contribution in [3.05, 3.63) is 60.2 Å². The summed E-state index contributed by atoms with van der Waals surface area (Å²) in [6.45, 7) is 7.24. The second-order valence-corrected chi connectivity index (χ2v) is 10.3. The van der Waals surface area contributed by atoms with Crippen LogP contribution in [0.3, 0.4) is 0 Å². The Bertz CT molecular complexity index is 895. The molecule has 0 unspecified atom stereocenters. The highest BCUT2D eigenvalue weighted by Gasteiger charge is 2.31. The number of hydrogen-bond acceptors (Lipinski definition) is 4. The highest BCUT2D eigenvalue weighted by molar-refractivity contribution is 5.79. The lowest BCUT2D eigenvalue weighted by Gasteiger charge is -2.43. The Balaban J connectivity index is 1.03. The van der Waals surface area contributed by atoms with Gasteiger partial charge in [-0.25, -0.2) is 0 Å². The number of ether oxygens (including phenoxy) is 1. The zero-order chi connectivity index (χ0) is 23.2. The average Bonchev–Trinajstić information content (AvgIpc) is 2.91. The van der Waals surface area contributed by atoms with Crippen LogP contribution >= 0.6 is 0 Å². The summed E-state index contributed by atoms with van der Waals surface area (Å²) in [5.74, 6) is 2.50. The van der Waals surface area contributed by atoms with Crippen molar-refractivity contribution >= 4 is 5.91 Å². The first kappa shape index (κ1) is 23.4. The molecule has 0 aromatic heterocycles. The Kier molecular flexibility index (Phi) is 7.82. The molecule has 0 bridgehead atoms. The molecule has 2 aromatic rings. The van der Waals surface area contributed by atoms with Crippen LogP contribution in [0.25, 0.3) is 0 Å². The minimum Gasteiger partial charge on any atom is -0.457 e. The summed E-state index contributed by atoms with van der Waals surface area (Å²) in [5, 5.41) is 0. The van der Waals surface area contributed by atoms with Crippen LogP contribution in [0, 0.1) is 5.92 Å². The van der Waals surface area contributed by atoms with Crippen molar-refractivity contribution in [2.24, 2.45) is 5.92 Å². The number of piperazine rings is 1. The molecule has 1 saturated carbocycles. The van der Waals surface area contributed by atoms with Gasteiger partial charge in [0, 0.05) is 44.7 Å². The molecule has 1 amide bonds. The van der Waals surface area contributed by atoms with Gasteiger partial charge >= 0.3 is 0 Å². The van der Waals surface area contributed by atoms with Gasteiger partial charge in [0.1, 0.15) is 11.5 Å². The molecule has 182 valence electrons. The van der Waals surface area contributed by atoms with Gasteiger partial charge in [0.25, 0.3) is 0 Å². The van der Waals surface area contributed by atoms with Gasteiger partial charge in [-0.1, -0.05) is 49.6 Å². The number of carbonyl (C=O) groups is 1. The zero-order valence-electron chi connectivity index (χ0n) is 20.4. The summed E-state index contributed by atoms with van der Waals surface area (Å²) < 4.78 is 5.92. The molecule has 3 aliphatic rings. The summed E-state index contributed by atoms with van der Waals surface area (Å²) >= 11 is 0. The van der Waals surface area contributed by atoms with E-state index in [0.717, 1.165) is 70.2 Å². The summed E-state index contributed by atoms with van der Waals surface area (Å²) in [6.07, 6.45) is 8.46. The SMILES string of the molecule is O=C(C1CCCCC1)N1CCN(C2CCN(Cc3ccc(Oc4ccccc4)cc3)CC2)CC1. The van der Waals surface area contributed by atoms with Crippen molar-refractivity contribution in [3.63, 3.8) is 0 Å². The van der Waals surface area contributed by atoms with Gasteiger partial charge in [-0.05, 0) is 68.6 Å². The van der Waals surface area contributed by atoms with Gasteiger partial charge in [-0.15, -0.1) is 0 Å². The molecule has 1 aliphatic carbocycles. The lowest BCUT2D eigenvalue weighted by molar-refractivity contribution is -0.138. The molecule has 0 spiro atoms. The Labute approximate surface area is 204 Å². The number of nitrogens with zero attached hydrogens (tertiary/aromatic N) is 3. The topological polar surface area (TPSA) is 36.0 Å². The first-order valence-corrected chi connectivity index (χ1v) is 13.3. The highest BCUT2D eigenvalue weighted by atomic mass is 16.5. The van der Waals surface area contributed by atoms with E-state index >= 15 is 0 Å². The Hall–Kier alpha value is -2.37. The first-order valence-electron chi connectivity index (χ1n) is 13.3. The maximum Gasteiger partial charge on any atom is 0.225 e. The van der Waals surface area contributed by atoms with Crippen molar-refractivity contribution in [1.29, 1.82) is 0 Å². The Morgan fingerprint density at radius 3 is 2.06 bits per heavy atom. The van der Waals surface area contributed by atoms with Crippen LogP contribution in [0.4, 0.5) is 0 Å². The minimum atomic E-state index is 0.308. The molecule has 5 nitrogen and oxygen atoms in total. The Morgan fingerprint density at radius 1 is 0.735 bits per heavy atom. The van der Waals surface area contributed by atoms with E-state index in [-0.39, 0.29) is 0 Å². The number of likely N-dealkylation sites (tertiary alicyclic amines) is 1. The van der Waals surface area contributed by atoms with E-state index < -0.39 is 0 Å². The molecular weight excluding hydrogens is 422 g/mol. The molecule has 2 saturated heterocycles. The van der Waals surface area contributed by atoms with Crippen molar-refractivity contribution in [2.75, 3.05) is 39.3 Å². The van der Waals surface area contributed by atoms with E-state index in [1.165, 1.54) is 37.7 Å². The minimum absolute atomic E-state index is 0.308. The molecule has 2 aliphatic heterocycles. The van der Waals surface area contributed by atoms with Crippen LogP contribution in [0.2, 0.25) is 0 Å². The monoisotopic (exact) mass is 461 g/mol. The van der Waals surface area contributed by atoms with E-state index in [1.807, 2.05) is 30.3 Å². The fourth-order valence-corrected chi connectivity index (χ4v) is 5.90. The number of hydrogen-bond donors (Lipinski definition) is 0. The summed E-state index contributed by atoms with van der Waals surface area (Å²) in [6, 6.07) is 19.1. The van der Waals surface area contributed by atoms with Crippen LogP contribution < -0.4 is 4.74 Å². The molecule has 0 N–H and O–H groups in total. The van der Waals surface area contributed by atoms with Gasteiger partial charge in [0.05, 0.1) is 0 Å². The number of para-hydroxylation sites is 1. The van der Waals surface area contributed by atoms with Gasteiger partial charge in [-0.2, -0.15) is 0 Å². The third kappa shape index (κ3) is 6.00. The molecule has 2 heterocycles. The number of amides is 1. The largest absolute Gasteiger partial charge is 0.457 e. The first-order chi connectivity index (χ1) is 16.7. The molecular formula is C29H39N3O2. The lowest BCUT2D eigenvalue weighted by Crippen LogP contribution is -2.55. The van der Waals surface area contributed by atoms with E-state index in [4.69, 9.17) is 4.74 Å². The predicted octanol–water partition coefficient (Wildman–Crippen LogP) is 5.17. The van der Waals surface area contributed by atoms with Crippen LogP contribution in [0.1, 0.15) is 50.5 Å². The van der Waals surface area contributed by atoms with E-state index in [0.29, 0.717) is 17.9 Å². The van der Waals surface area contributed by atoms with Crippen LogP contribution in [0.5, 0.6) is 11.5 Å². The molecule has 5 heteroatoms. The number of rotatable bonds is 6. The molecule has 34 heavy (non-hydrogen) atoms. The second-order valence-electron chi connectivity index (χ2n) is 10.3. The van der Waals surface area contributed by atoms with Gasteiger partial charge in [0.2, 0.25) is 5.91 Å². The lowest BCUT2D eigenvalue weighted by atomic mass is 9.88. The normalized spacial score (nSPS) is 21.5. The van der Waals surface area contributed by atoms with E-state index in [9.17, 15) is 4.79 Å². The van der Waals surface area contributed by atoms with Crippen LogP contribution in [0.15, 0.2) is 54.6 Å². The molecule has 0 atom stereocenters. The summed E-state index contributed by atoms with van der Waals surface area (Å²) in [4.78, 5) is 20.2. The number of benzene rings is 2. The Morgan fingerprint density at radius 2 is 1.38 bits per heavy atom. The third-order valence-electron chi connectivity index (χ3n) is 7.96. The maximum atomic E-state index is 12.9. The van der Waals surface area contributed by atoms with Crippen LogP contribution in [-0.2, 0) is 11.3 Å². The quantitative estimate of drug-likeness (QED) is 0.595. The molecule has 3 fully saturated rings. The van der Waals surface area contributed by atoms with Crippen molar-refractivity contribution < 1.29 is 9.53 Å². The van der Waals surface area contributed by atoms with Gasteiger partial charge < -0.3 is 9.64 Å². The fourth-order valence-electron chi connectivity index (χ4n) is 5.90. The maximum absolute atomic E-state index is 12.9. The summed E-state index contributed by atoms with van der Waals surface area (Å²) in [7, 11) is 0. The fraction of sp³-hybridized carbons (Fsp3) is 0.552. The standard InChI is InChI=1S/C29H39N3O2/c33-29(25-7-3-1-4-8-25)32-21-19-31(20-22-32)26-15-17-30(18-16-26)23-24-11-13-28(14-12-24)34-27-9-5-2-6-10-27/h2,5-6,9-14,25-26H,1,3-4,7-8,15-23H2. The molecule has 2 aromatic carbocycles. The van der Waals surface area contributed by atoms with Crippen LogP contribution in [-0.4, -0.2) is 65.9 Å².